The molecule has 1 unspecified atom stereocenters. The minimum Gasteiger partial charge on any atom is -0.488 e. The molecule has 0 aromatic carbocycles. The van der Waals surface area contributed by atoms with Gasteiger partial charge in [0.25, 0.3) is 0 Å². The van der Waals surface area contributed by atoms with E-state index in [0.717, 1.165) is 0 Å². The highest BCUT2D eigenvalue weighted by molar-refractivity contribution is 5.42. The van der Waals surface area contributed by atoms with Crippen molar-refractivity contribution in [2.24, 2.45) is 11.8 Å². The van der Waals surface area contributed by atoms with E-state index >= 15 is 0 Å². The largest absolute Gasteiger partial charge is 0.488 e. The summed E-state index contributed by atoms with van der Waals surface area (Å²) >= 11 is 0. The first-order chi connectivity index (χ1) is 6.97. The van der Waals surface area contributed by atoms with Gasteiger partial charge in [-0.2, -0.15) is 15.8 Å². The summed E-state index contributed by atoms with van der Waals surface area (Å²) < 4.78 is 5.52. The van der Waals surface area contributed by atoms with Crippen molar-refractivity contribution in [3.63, 3.8) is 0 Å². The third-order valence-electron chi connectivity index (χ3n) is 2.86. The molecular weight excluding hydrogens is 190 g/mol. The van der Waals surface area contributed by atoms with Gasteiger partial charge in [-0.05, 0) is 13.8 Å². The van der Waals surface area contributed by atoms with Gasteiger partial charge in [0, 0.05) is 5.92 Å². The van der Waals surface area contributed by atoms with Crippen LogP contribution in [-0.2, 0) is 4.74 Å². The third kappa shape index (κ3) is 1.65. The summed E-state index contributed by atoms with van der Waals surface area (Å²) in [6, 6.07) is 5.60. The number of nitriles is 3. The SMILES string of the molecule is C[C@@H]1C(C#N)C(=C(C#N)C#N)OC1(C)C. The summed E-state index contributed by atoms with van der Waals surface area (Å²) in [5.41, 5.74) is -0.603. The smallest absolute Gasteiger partial charge is 0.168 e. The van der Waals surface area contributed by atoms with Crippen molar-refractivity contribution in [2.75, 3.05) is 0 Å². The zero-order chi connectivity index (χ0) is 11.6. The summed E-state index contributed by atoms with van der Waals surface area (Å²) in [5, 5.41) is 26.5. The normalized spacial score (nSPS) is 27.1. The molecule has 4 nitrogen and oxygen atoms in total. The zero-order valence-electron chi connectivity index (χ0n) is 8.90. The van der Waals surface area contributed by atoms with E-state index in [9.17, 15) is 0 Å². The van der Waals surface area contributed by atoms with Gasteiger partial charge in [-0.1, -0.05) is 6.92 Å². The van der Waals surface area contributed by atoms with E-state index in [1.165, 1.54) is 0 Å². The molecule has 0 aliphatic carbocycles. The van der Waals surface area contributed by atoms with Crippen LogP contribution in [0.25, 0.3) is 0 Å². The van der Waals surface area contributed by atoms with Crippen molar-refractivity contribution < 1.29 is 4.74 Å². The highest BCUT2D eigenvalue weighted by Crippen LogP contribution is 2.43. The summed E-state index contributed by atoms with van der Waals surface area (Å²) in [7, 11) is 0. The van der Waals surface area contributed by atoms with Crippen LogP contribution in [0, 0.1) is 45.8 Å². The summed E-state index contributed by atoms with van der Waals surface area (Å²) in [4.78, 5) is 0. The van der Waals surface area contributed by atoms with Crippen LogP contribution in [0.15, 0.2) is 11.3 Å². The number of nitrogens with zero attached hydrogens (tertiary/aromatic N) is 3. The molecule has 1 fully saturated rings. The standard InChI is InChI=1S/C11H11N3O/c1-7-9(6-14)10(8(4-12)5-13)15-11(7,2)3/h7,9H,1-3H3/t7-,9?/m1/s1. The van der Waals surface area contributed by atoms with Crippen LogP contribution in [-0.4, -0.2) is 5.60 Å². The van der Waals surface area contributed by atoms with E-state index in [1.54, 1.807) is 12.1 Å². The highest BCUT2D eigenvalue weighted by atomic mass is 16.5. The fraction of sp³-hybridized carbons (Fsp3) is 0.545. The summed E-state index contributed by atoms with van der Waals surface area (Å²) in [5.74, 6) is -0.316. The average molecular weight is 201 g/mol. The Balaban J connectivity index is 3.28. The fourth-order valence-electron chi connectivity index (χ4n) is 1.58. The van der Waals surface area contributed by atoms with Gasteiger partial charge in [0.05, 0.1) is 6.07 Å². The van der Waals surface area contributed by atoms with E-state index in [0.29, 0.717) is 0 Å². The Bertz CT molecular complexity index is 412. The van der Waals surface area contributed by atoms with Gasteiger partial charge in [0.15, 0.2) is 5.57 Å². The predicted molar refractivity (Wildman–Crippen MR) is 51.7 cm³/mol. The van der Waals surface area contributed by atoms with Gasteiger partial charge in [-0.3, -0.25) is 0 Å². The second kappa shape index (κ2) is 3.64. The molecule has 0 saturated carbocycles. The van der Waals surface area contributed by atoms with Gasteiger partial charge < -0.3 is 4.74 Å². The number of rotatable bonds is 0. The maximum atomic E-state index is 9.00. The molecular formula is C11H11N3O. The maximum absolute atomic E-state index is 9.00. The van der Waals surface area contributed by atoms with Crippen LogP contribution in [0.3, 0.4) is 0 Å². The molecule has 2 atom stereocenters. The Kier molecular flexibility index (Phi) is 2.69. The van der Waals surface area contributed by atoms with E-state index in [1.807, 2.05) is 20.8 Å². The van der Waals surface area contributed by atoms with Crippen molar-refractivity contribution in [1.29, 1.82) is 15.8 Å². The first-order valence-corrected chi connectivity index (χ1v) is 4.61. The Morgan fingerprint density at radius 1 is 1.27 bits per heavy atom. The molecule has 0 spiro atoms. The number of ether oxygens (including phenoxy) is 1. The molecule has 1 saturated heterocycles. The van der Waals surface area contributed by atoms with Crippen LogP contribution in [0.5, 0.6) is 0 Å². The predicted octanol–water partition coefficient (Wildman–Crippen LogP) is 1.87. The monoisotopic (exact) mass is 201 g/mol. The molecule has 0 aromatic rings. The lowest BCUT2D eigenvalue weighted by molar-refractivity contribution is 0.0470. The molecule has 1 heterocycles. The minimum atomic E-state index is -0.505. The van der Waals surface area contributed by atoms with Gasteiger partial charge in [0.1, 0.15) is 29.4 Å². The molecule has 1 aliphatic rings. The Morgan fingerprint density at radius 3 is 2.20 bits per heavy atom. The second-order valence-corrected chi connectivity index (χ2v) is 4.06. The molecule has 0 radical (unpaired) electrons. The van der Waals surface area contributed by atoms with Gasteiger partial charge >= 0.3 is 0 Å². The lowest BCUT2D eigenvalue weighted by Crippen LogP contribution is -2.26. The lowest BCUT2D eigenvalue weighted by atomic mass is 9.84. The Labute approximate surface area is 89.0 Å². The molecule has 0 aromatic heterocycles. The van der Waals surface area contributed by atoms with Crippen molar-refractivity contribution in [3.8, 4) is 18.2 Å². The van der Waals surface area contributed by atoms with Crippen molar-refractivity contribution >= 4 is 0 Å². The second-order valence-electron chi connectivity index (χ2n) is 4.06. The van der Waals surface area contributed by atoms with Crippen molar-refractivity contribution in [2.45, 2.75) is 26.4 Å². The van der Waals surface area contributed by atoms with Crippen LogP contribution in [0.2, 0.25) is 0 Å². The molecule has 76 valence electrons. The molecule has 1 aliphatic heterocycles. The number of hydrogen-bond donors (Lipinski definition) is 0. The maximum Gasteiger partial charge on any atom is 0.168 e. The fourth-order valence-corrected chi connectivity index (χ4v) is 1.58. The van der Waals surface area contributed by atoms with Crippen LogP contribution in [0.4, 0.5) is 0 Å². The van der Waals surface area contributed by atoms with E-state index < -0.39 is 11.5 Å². The van der Waals surface area contributed by atoms with Crippen LogP contribution in [0.1, 0.15) is 20.8 Å². The van der Waals surface area contributed by atoms with Gasteiger partial charge in [0.2, 0.25) is 0 Å². The lowest BCUT2D eigenvalue weighted by Gasteiger charge is -2.22. The molecule has 0 bridgehead atoms. The highest BCUT2D eigenvalue weighted by Gasteiger charge is 2.46. The number of hydrogen-bond acceptors (Lipinski definition) is 4. The topological polar surface area (TPSA) is 80.6 Å². The molecule has 0 amide bonds. The zero-order valence-corrected chi connectivity index (χ0v) is 8.90. The van der Waals surface area contributed by atoms with Gasteiger partial charge in [-0.25, -0.2) is 0 Å². The van der Waals surface area contributed by atoms with Crippen molar-refractivity contribution in [3.05, 3.63) is 11.3 Å². The first kappa shape index (κ1) is 11.1. The molecule has 0 N–H and O–H groups in total. The minimum absolute atomic E-state index is 0.0331. The summed E-state index contributed by atoms with van der Waals surface area (Å²) in [6.07, 6.45) is 0. The first-order valence-electron chi connectivity index (χ1n) is 4.61. The molecule has 4 heteroatoms. The van der Waals surface area contributed by atoms with E-state index in [4.69, 9.17) is 20.5 Å². The Hall–Kier alpha value is -1.99. The van der Waals surface area contributed by atoms with Gasteiger partial charge in [-0.15, -0.1) is 0 Å². The molecule has 1 rings (SSSR count). The summed E-state index contributed by atoms with van der Waals surface area (Å²) in [6.45, 7) is 5.58. The van der Waals surface area contributed by atoms with Crippen LogP contribution < -0.4 is 0 Å². The van der Waals surface area contributed by atoms with E-state index in [-0.39, 0.29) is 17.3 Å². The number of allylic oxidation sites excluding steroid dienone is 2. The molecule has 15 heavy (non-hydrogen) atoms. The Morgan fingerprint density at radius 2 is 1.80 bits per heavy atom. The quantitative estimate of drug-likeness (QED) is 0.560. The van der Waals surface area contributed by atoms with Crippen molar-refractivity contribution in [1.82, 2.24) is 0 Å². The average Bonchev–Trinajstić information content (AvgIpc) is 2.40. The van der Waals surface area contributed by atoms with Crippen LogP contribution >= 0.6 is 0 Å². The van der Waals surface area contributed by atoms with E-state index in [2.05, 4.69) is 6.07 Å². The third-order valence-corrected chi connectivity index (χ3v) is 2.86.